The van der Waals surface area contributed by atoms with Crippen molar-refractivity contribution in [2.45, 2.75) is 13.0 Å². The van der Waals surface area contributed by atoms with Gasteiger partial charge in [-0.15, -0.1) is 12.4 Å². The summed E-state index contributed by atoms with van der Waals surface area (Å²) in [5, 5.41) is 15.9. The van der Waals surface area contributed by atoms with E-state index in [1.807, 2.05) is 30.3 Å². The lowest BCUT2D eigenvalue weighted by atomic mass is 10.2. The summed E-state index contributed by atoms with van der Waals surface area (Å²) in [6.45, 7) is 4.87. The normalized spacial score (nSPS) is 14.3. The first-order chi connectivity index (χ1) is 15.2. The molecule has 2 heterocycles. The zero-order chi connectivity index (χ0) is 21.5. The van der Waals surface area contributed by atoms with Crippen LogP contribution >= 0.6 is 12.4 Å². The molecule has 0 aliphatic carbocycles. The first-order valence-corrected chi connectivity index (χ1v) is 10.3. The quantitative estimate of drug-likeness (QED) is 0.587. The summed E-state index contributed by atoms with van der Waals surface area (Å²) in [4.78, 5) is 21.3. The first kappa shape index (κ1) is 23.4. The second-order valence-electron chi connectivity index (χ2n) is 7.49. The number of piperazine rings is 1. The molecule has 1 saturated heterocycles. The molecular weight excluding hydrogens is 428 g/mol. The summed E-state index contributed by atoms with van der Waals surface area (Å²) in [5.41, 5.74) is 2.13. The number of rotatable bonds is 7. The molecule has 1 aliphatic rings. The molecule has 166 valence electrons. The van der Waals surface area contributed by atoms with Gasteiger partial charge in [0.15, 0.2) is 0 Å². The third kappa shape index (κ3) is 6.37. The van der Waals surface area contributed by atoms with E-state index in [0.29, 0.717) is 42.5 Å². The molecule has 4 rings (SSSR count). The number of hydrogen-bond donors (Lipinski definition) is 1. The van der Waals surface area contributed by atoms with Crippen LogP contribution in [0.15, 0.2) is 59.1 Å². The molecule has 3 aromatic rings. The summed E-state index contributed by atoms with van der Waals surface area (Å²) in [7, 11) is 0. The second kappa shape index (κ2) is 11.4. The average Bonchev–Trinajstić information content (AvgIpc) is 3.28. The van der Waals surface area contributed by atoms with Gasteiger partial charge >= 0.3 is 0 Å². The van der Waals surface area contributed by atoms with Crippen LogP contribution in [0.2, 0.25) is 0 Å². The fourth-order valence-electron chi connectivity index (χ4n) is 3.54. The number of carbonyl (C=O) groups is 1. The van der Waals surface area contributed by atoms with Crippen molar-refractivity contribution >= 4 is 24.0 Å². The molecule has 1 aliphatic heterocycles. The van der Waals surface area contributed by atoms with Gasteiger partial charge in [0, 0.05) is 50.4 Å². The van der Waals surface area contributed by atoms with Gasteiger partial charge in [-0.1, -0.05) is 41.6 Å². The predicted octanol–water partition coefficient (Wildman–Crippen LogP) is 3.18. The van der Waals surface area contributed by atoms with Gasteiger partial charge in [0.25, 0.3) is 0 Å². The zero-order valence-electron chi connectivity index (χ0n) is 17.6. The van der Waals surface area contributed by atoms with E-state index in [-0.39, 0.29) is 18.3 Å². The molecule has 2 aromatic carbocycles. The highest BCUT2D eigenvalue weighted by atomic mass is 35.5. The molecule has 9 heteroatoms. The van der Waals surface area contributed by atoms with Crippen LogP contribution in [0.4, 0.5) is 5.69 Å². The molecule has 0 saturated carbocycles. The van der Waals surface area contributed by atoms with Crippen molar-refractivity contribution in [3.8, 4) is 17.5 Å². The Morgan fingerprint density at radius 3 is 2.56 bits per heavy atom. The molecule has 0 bridgehead atoms. The summed E-state index contributed by atoms with van der Waals surface area (Å²) in [5.74, 6) is 1.18. The lowest BCUT2D eigenvalue weighted by Crippen LogP contribution is -2.46. The van der Waals surface area contributed by atoms with Crippen molar-refractivity contribution < 1.29 is 9.32 Å². The van der Waals surface area contributed by atoms with Gasteiger partial charge in [0.1, 0.15) is 0 Å². The molecule has 0 radical (unpaired) electrons. The lowest BCUT2D eigenvalue weighted by Gasteiger charge is -2.33. The standard InChI is InChI=1S/C23H24N6O2.ClH/c24-16-18-5-4-8-20(15-18)25-21(30)9-10-28-11-13-29(14-12-28)17-22-26-23(27-31-22)19-6-2-1-3-7-19;/h1-8,15H,9-14,17H2,(H,25,30);1H. The van der Waals surface area contributed by atoms with E-state index in [2.05, 4.69) is 31.3 Å². The topological polar surface area (TPSA) is 98.3 Å². The Bertz CT molecular complexity index is 1060. The highest BCUT2D eigenvalue weighted by molar-refractivity contribution is 5.91. The van der Waals surface area contributed by atoms with Crippen LogP contribution < -0.4 is 5.32 Å². The number of halogens is 1. The Hall–Kier alpha value is -3.25. The van der Waals surface area contributed by atoms with E-state index in [1.54, 1.807) is 24.3 Å². The van der Waals surface area contributed by atoms with Gasteiger partial charge in [0.05, 0.1) is 18.2 Å². The Balaban J connectivity index is 0.00000289. The number of nitrogens with zero attached hydrogens (tertiary/aromatic N) is 5. The van der Waals surface area contributed by atoms with Crippen molar-refractivity contribution in [1.29, 1.82) is 5.26 Å². The van der Waals surface area contributed by atoms with Crippen LogP contribution in [-0.4, -0.2) is 58.6 Å². The van der Waals surface area contributed by atoms with Crippen LogP contribution in [-0.2, 0) is 11.3 Å². The van der Waals surface area contributed by atoms with Crippen molar-refractivity contribution in [1.82, 2.24) is 19.9 Å². The molecule has 0 spiro atoms. The monoisotopic (exact) mass is 452 g/mol. The maximum atomic E-state index is 12.2. The number of amides is 1. The first-order valence-electron chi connectivity index (χ1n) is 10.3. The summed E-state index contributed by atoms with van der Waals surface area (Å²) >= 11 is 0. The maximum absolute atomic E-state index is 12.2. The predicted molar refractivity (Wildman–Crippen MR) is 123 cm³/mol. The van der Waals surface area contributed by atoms with E-state index in [1.165, 1.54) is 0 Å². The molecule has 1 aromatic heterocycles. The molecule has 8 nitrogen and oxygen atoms in total. The summed E-state index contributed by atoms with van der Waals surface area (Å²) in [6, 6.07) is 18.8. The number of nitriles is 1. The molecular formula is C23H25ClN6O2. The zero-order valence-corrected chi connectivity index (χ0v) is 18.4. The molecule has 0 atom stereocenters. The van der Waals surface area contributed by atoms with Gasteiger partial charge in [-0.2, -0.15) is 10.2 Å². The van der Waals surface area contributed by atoms with E-state index < -0.39 is 0 Å². The number of carbonyl (C=O) groups excluding carboxylic acids is 1. The number of nitrogens with one attached hydrogen (secondary N) is 1. The Morgan fingerprint density at radius 2 is 1.81 bits per heavy atom. The summed E-state index contributed by atoms with van der Waals surface area (Å²) < 4.78 is 5.41. The third-order valence-corrected chi connectivity index (χ3v) is 5.25. The van der Waals surface area contributed by atoms with Gasteiger partial charge in [0.2, 0.25) is 17.6 Å². The van der Waals surface area contributed by atoms with Crippen LogP contribution in [0, 0.1) is 11.3 Å². The Kier molecular flexibility index (Phi) is 8.34. The third-order valence-electron chi connectivity index (χ3n) is 5.25. The van der Waals surface area contributed by atoms with E-state index in [9.17, 15) is 4.79 Å². The number of hydrogen-bond acceptors (Lipinski definition) is 7. The minimum atomic E-state index is -0.0446. The van der Waals surface area contributed by atoms with E-state index >= 15 is 0 Å². The number of aromatic nitrogens is 2. The van der Waals surface area contributed by atoms with Gasteiger partial charge in [-0.25, -0.2) is 0 Å². The van der Waals surface area contributed by atoms with Crippen molar-refractivity contribution in [2.24, 2.45) is 0 Å². The van der Waals surface area contributed by atoms with Crippen molar-refractivity contribution in [3.05, 3.63) is 66.1 Å². The Labute approximate surface area is 193 Å². The molecule has 1 fully saturated rings. The highest BCUT2D eigenvalue weighted by Crippen LogP contribution is 2.16. The SMILES string of the molecule is Cl.N#Cc1cccc(NC(=O)CCN2CCN(Cc3nc(-c4ccccc4)no3)CC2)c1. The molecule has 1 amide bonds. The van der Waals surface area contributed by atoms with Gasteiger partial charge in [-0.05, 0) is 18.2 Å². The van der Waals surface area contributed by atoms with Crippen LogP contribution in [0.1, 0.15) is 17.9 Å². The van der Waals surface area contributed by atoms with E-state index in [4.69, 9.17) is 9.78 Å². The molecule has 1 N–H and O–H groups in total. The fraction of sp³-hybridized carbons (Fsp3) is 0.304. The second-order valence-corrected chi connectivity index (χ2v) is 7.49. The fourth-order valence-corrected chi connectivity index (χ4v) is 3.54. The van der Waals surface area contributed by atoms with Crippen LogP contribution in [0.5, 0.6) is 0 Å². The number of anilines is 1. The summed E-state index contributed by atoms with van der Waals surface area (Å²) in [6.07, 6.45) is 0.418. The molecule has 0 unspecified atom stereocenters. The highest BCUT2D eigenvalue weighted by Gasteiger charge is 2.20. The smallest absolute Gasteiger partial charge is 0.241 e. The molecule has 32 heavy (non-hydrogen) atoms. The lowest BCUT2D eigenvalue weighted by molar-refractivity contribution is -0.116. The minimum Gasteiger partial charge on any atom is -0.338 e. The minimum absolute atomic E-state index is 0. The largest absolute Gasteiger partial charge is 0.338 e. The van der Waals surface area contributed by atoms with Crippen molar-refractivity contribution in [2.75, 3.05) is 38.0 Å². The van der Waals surface area contributed by atoms with Gasteiger partial charge < -0.3 is 14.7 Å². The number of benzene rings is 2. The maximum Gasteiger partial charge on any atom is 0.241 e. The van der Waals surface area contributed by atoms with Crippen LogP contribution in [0.3, 0.4) is 0 Å². The van der Waals surface area contributed by atoms with Crippen molar-refractivity contribution in [3.63, 3.8) is 0 Å². The van der Waals surface area contributed by atoms with Crippen LogP contribution in [0.25, 0.3) is 11.4 Å². The average molecular weight is 453 g/mol. The van der Waals surface area contributed by atoms with Gasteiger partial charge in [-0.3, -0.25) is 9.69 Å². The van der Waals surface area contributed by atoms with E-state index in [0.717, 1.165) is 31.7 Å². The Morgan fingerprint density at radius 1 is 1.06 bits per heavy atom.